The molecule has 0 radical (unpaired) electrons. The number of nitrogens with zero attached hydrogens (tertiary/aromatic N) is 2. The van der Waals surface area contributed by atoms with Gasteiger partial charge in [-0.05, 0) is 24.3 Å². The van der Waals surface area contributed by atoms with Crippen LogP contribution >= 0.6 is 11.6 Å². The van der Waals surface area contributed by atoms with Gasteiger partial charge in [-0.1, -0.05) is 29.8 Å². The van der Waals surface area contributed by atoms with Crippen LogP contribution in [0.15, 0.2) is 48.7 Å². The molecule has 9 heteroatoms. The molecule has 4 rings (SSSR count). The summed E-state index contributed by atoms with van der Waals surface area (Å²) in [7, 11) is 3.09. The van der Waals surface area contributed by atoms with E-state index in [4.69, 9.17) is 21.1 Å². The van der Waals surface area contributed by atoms with Gasteiger partial charge >= 0.3 is 0 Å². The summed E-state index contributed by atoms with van der Waals surface area (Å²) in [5.41, 5.74) is 1.94. The van der Waals surface area contributed by atoms with E-state index in [-0.39, 0.29) is 18.2 Å². The SMILES string of the molecule is COc1ccc(NC(=O)[C@@H]2CC(=O)Nc3c(-c4ccccc4OC)cnn32)cc1Cl. The molecule has 0 saturated heterocycles. The van der Waals surface area contributed by atoms with E-state index in [0.717, 1.165) is 5.56 Å². The molecule has 2 aromatic carbocycles. The molecule has 2 heterocycles. The lowest BCUT2D eigenvalue weighted by Crippen LogP contribution is -2.35. The van der Waals surface area contributed by atoms with E-state index in [2.05, 4.69) is 15.7 Å². The van der Waals surface area contributed by atoms with Gasteiger partial charge in [0.05, 0.1) is 31.9 Å². The maximum Gasteiger partial charge on any atom is 0.249 e. The summed E-state index contributed by atoms with van der Waals surface area (Å²) in [5.74, 6) is 0.947. The lowest BCUT2D eigenvalue weighted by atomic mass is 10.1. The van der Waals surface area contributed by atoms with Crippen molar-refractivity contribution in [2.24, 2.45) is 0 Å². The third-order valence-electron chi connectivity index (χ3n) is 4.85. The van der Waals surface area contributed by atoms with Crippen LogP contribution in [0.25, 0.3) is 11.1 Å². The molecule has 154 valence electrons. The molecule has 1 atom stereocenters. The van der Waals surface area contributed by atoms with Crippen molar-refractivity contribution >= 4 is 34.9 Å². The maximum atomic E-state index is 13.0. The van der Waals surface area contributed by atoms with E-state index in [1.165, 1.54) is 11.8 Å². The Labute approximate surface area is 177 Å². The number of hydrogen-bond acceptors (Lipinski definition) is 5. The number of halogens is 1. The number of benzene rings is 2. The second kappa shape index (κ2) is 8.08. The fourth-order valence-corrected chi connectivity index (χ4v) is 3.66. The highest BCUT2D eigenvalue weighted by Crippen LogP contribution is 2.38. The molecule has 30 heavy (non-hydrogen) atoms. The molecule has 0 spiro atoms. The zero-order valence-corrected chi connectivity index (χ0v) is 17.1. The Bertz CT molecular complexity index is 1130. The predicted molar refractivity (Wildman–Crippen MR) is 113 cm³/mol. The maximum absolute atomic E-state index is 13.0. The summed E-state index contributed by atoms with van der Waals surface area (Å²) < 4.78 is 12.1. The Morgan fingerprint density at radius 3 is 2.67 bits per heavy atom. The van der Waals surface area contributed by atoms with Gasteiger partial charge < -0.3 is 20.1 Å². The standard InChI is InChI=1S/C21H19ClN4O4/c1-29-17-6-4-3-5-13(17)14-11-23-26-16(10-19(27)25-20(14)26)21(28)24-12-7-8-18(30-2)15(22)9-12/h3-9,11,16H,10H2,1-2H3,(H,24,28)(H,25,27)/t16-/m0/s1. The normalized spacial score (nSPS) is 15.2. The van der Waals surface area contributed by atoms with Gasteiger partial charge in [0.15, 0.2) is 0 Å². The van der Waals surface area contributed by atoms with E-state index >= 15 is 0 Å². The molecule has 0 unspecified atom stereocenters. The van der Waals surface area contributed by atoms with Gasteiger partial charge in [-0.25, -0.2) is 4.68 Å². The van der Waals surface area contributed by atoms with Crippen LogP contribution in [0.4, 0.5) is 11.5 Å². The number of fused-ring (bicyclic) bond motifs is 1. The third kappa shape index (κ3) is 3.57. The average Bonchev–Trinajstić information content (AvgIpc) is 3.16. The lowest BCUT2D eigenvalue weighted by molar-refractivity contribution is -0.125. The van der Waals surface area contributed by atoms with Gasteiger partial charge in [0.25, 0.3) is 0 Å². The Balaban J connectivity index is 1.66. The Kier molecular flexibility index (Phi) is 5.33. The quantitative estimate of drug-likeness (QED) is 0.648. The molecule has 8 nitrogen and oxygen atoms in total. The van der Waals surface area contributed by atoms with Crippen LogP contribution in [0.3, 0.4) is 0 Å². The lowest BCUT2D eigenvalue weighted by Gasteiger charge is -2.25. The van der Waals surface area contributed by atoms with Crippen LogP contribution in [-0.4, -0.2) is 35.8 Å². The number of hydrogen-bond donors (Lipinski definition) is 2. The first-order chi connectivity index (χ1) is 14.5. The van der Waals surface area contributed by atoms with Crippen molar-refractivity contribution in [3.8, 4) is 22.6 Å². The molecule has 1 aliphatic rings. The molecular formula is C21H19ClN4O4. The summed E-state index contributed by atoms with van der Waals surface area (Å²) in [6, 6.07) is 11.5. The molecule has 1 aliphatic heterocycles. The van der Waals surface area contributed by atoms with Gasteiger partial charge in [0.2, 0.25) is 11.8 Å². The average molecular weight is 427 g/mol. The van der Waals surface area contributed by atoms with E-state index in [0.29, 0.717) is 33.6 Å². The van der Waals surface area contributed by atoms with E-state index in [9.17, 15) is 9.59 Å². The molecule has 0 fully saturated rings. The first kappa shape index (κ1) is 19.8. The van der Waals surface area contributed by atoms with Crippen molar-refractivity contribution in [3.63, 3.8) is 0 Å². The van der Waals surface area contributed by atoms with E-state index in [1.807, 2.05) is 24.3 Å². The predicted octanol–water partition coefficient (Wildman–Crippen LogP) is 3.74. The second-order valence-corrected chi connectivity index (χ2v) is 7.07. The van der Waals surface area contributed by atoms with Crippen LogP contribution in [0, 0.1) is 0 Å². The fourth-order valence-electron chi connectivity index (χ4n) is 3.41. The number of amides is 2. The van der Waals surface area contributed by atoms with Gasteiger partial charge in [-0.15, -0.1) is 0 Å². The highest BCUT2D eigenvalue weighted by atomic mass is 35.5. The zero-order chi connectivity index (χ0) is 21.3. The highest BCUT2D eigenvalue weighted by Gasteiger charge is 2.33. The number of anilines is 2. The van der Waals surface area contributed by atoms with Crippen LogP contribution in [0.1, 0.15) is 12.5 Å². The van der Waals surface area contributed by atoms with Gasteiger partial charge in [-0.3, -0.25) is 9.59 Å². The van der Waals surface area contributed by atoms with E-state index < -0.39 is 6.04 Å². The molecular weight excluding hydrogens is 408 g/mol. The van der Waals surface area contributed by atoms with Crippen LogP contribution in [-0.2, 0) is 9.59 Å². The van der Waals surface area contributed by atoms with Crippen LogP contribution < -0.4 is 20.1 Å². The summed E-state index contributed by atoms with van der Waals surface area (Å²) >= 11 is 6.13. The zero-order valence-electron chi connectivity index (χ0n) is 16.3. The van der Waals surface area contributed by atoms with E-state index in [1.54, 1.807) is 31.5 Å². The number of carbonyl (C=O) groups excluding carboxylic acids is 2. The Morgan fingerprint density at radius 2 is 1.93 bits per heavy atom. The Hall–Kier alpha value is -3.52. The summed E-state index contributed by atoms with van der Waals surface area (Å²) in [6.07, 6.45) is 1.58. The minimum absolute atomic E-state index is 0.0320. The monoisotopic (exact) mass is 426 g/mol. The number of para-hydroxylation sites is 1. The molecule has 0 bridgehead atoms. The number of methoxy groups -OCH3 is 2. The minimum atomic E-state index is -0.807. The number of nitrogens with one attached hydrogen (secondary N) is 2. The number of ether oxygens (including phenoxy) is 2. The number of aromatic nitrogens is 2. The molecule has 0 saturated carbocycles. The third-order valence-corrected chi connectivity index (χ3v) is 5.14. The van der Waals surface area contributed by atoms with Crippen molar-refractivity contribution in [1.29, 1.82) is 0 Å². The number of rotatable bonds is 5. The first-order valence-electron chi connectivity index (χ1n) is 9.17. The van der Waals surface area contributed by atoms with Gasteiger partial charge in [0, 0.05) is 16.8 Å². The summed E-state index contributed by atoms with van der Waals surface area (Å²) in [5, 5.41) is 10.4. The van der Waals surface area contributed by atoms with Gasteiger partial charge in [-0.2, -0.15) is 5.10 Å². The molecule has 0 aliphatic carbocycles. The summed E-state index contributed by atoms with van der Waals surface area (Å²) in [6.45, 7) is 0. The smallest absolute Gasteiger partial charge is 0.249 e. The van der Waals surface area contributed by atoms with Crippen molar-refractivity contribution in [3.05, 3.63) is 53.7 Å². The van der Waals surface area contributed by atoms with Crippen LogP contribution in [0.2, 0.25) is 5.02 Å². The van der Waals surface area contributed by atoms with Crippen molar-refractivity contribution in [2.75, 3.05) is 24.9 Å². The molecule has 3 aromatic rings. The fraction of sp³-hybridized carbons (Fsp3) is 0.190. The molecule has 2 N–H and O–H groups in total. The van der Waals surface area contributed by atoms with Crippen molar-refractivity contribution in [2.45, 2.75) is 12.5 Å². The summed E-state index contributed by atoms with van der Waals surface area (Å²) in [4.78, 5) is 25.3. The van der Waals surface area contributed by atoms with Crippen molar-refractivity contribution < 1.29 is 19.1 Å². The topological polar surface area (TPSA) is 94.5 Å². The first-order valence-corrected chi connectivity index (χ1v) is 9.54. The van der Waals surface area contributed by atoms with Gasteiger partial charge in [0.1, 0.15) is 23.4 Å². The molecule has 1 aromatic heterocycles. The molecule has 2 amide bonds. The number of carbonyl (C=O) groups is 2. The minimum Gasteiger partial charge on any atom is -0.496 e. The van der Waals surface area contributed by atoms with Crippen LogP contribution in [0.5, 0.6) is 11.5 Å². The largest absolute Gasteiger partial charge is 0.496 e. The Morgan fingerprint density at radius 1 is 1.17 bits per heavy atom. The van der Waals surface area contributed by atoms with Crippen molar-refractivity contribution in [1.82, 2.24) is 9.78 Å². The highest BCUT2D eigenvalue weighted by molar-refractivity contribution is 6.32. The second-order valence-electron chi connectivity index (χ2n) is 6.66.